The molecule has 8 nitrogen and oxygen atoms in total. The summed E-state index contributed by atoms with van der Waals surface area (Å²) < 4.78 is 26.5. The molecule has 0 aromatic heterocycles. The van der Waals surface area contributed by atoms with E-state index in [9.17, 15) is 15.0 Å². The van der Waals surface area contributed by atoms with Crippen LogP contribution in [-0.2, 0) is 14.3 Å². The summed E-state index contributed by atoms with van der Waals surface area (Å²) in [5.74, 6) is -0.548. The first kappa shape index (κ1) is 15.5. The fourth-order valence-corrected chi connectivity index (χ4v) is 3.68. The van der Waals surface area contributed by atoms with Crippen LogP contribution in [-0.4, -0.2) is 61.6 Å². The van der Waals surface area contributed by atoms with Crippen molar-refractivity contribution in [3.05, 3.63) is 17.7 Å². The van der Waals surface area contributed by atoms with Crippen LogP contribution in [0.25, 0.3) is 0 Å². The average Bonchev–Trinajstić information content (AvgIpc) is 3.24. The Labute approximate surface area is 137 Å². The van der Waals surface area contributed by atoms with E-state index < -0.39 is 36.1 Å². The molecule has 2 heterocycles. The summed E-state index contributed by atoms with van der Waals surface area (Å²) in [6, 6.07) is 3.48. The molecule has 1 saturated heterocycles. The van der Waals surface area contributed by atoms with Gasteiger partial charge in [0.2, 0.25) is 12.5 Å². The minimum absolute atomic E-state index is 0.0874. The zero-order valence-corrected chi connectivity index (χ0v) is 13.2. The van der Waals surface area contributed by atoms with Crippen LogP contribution >= 0.6 is 0 Å². The van der Waals surface area contributed by atoms with Gasteiger partial charge in [0.15, 0.2) is 11.5 Å². The number of esters is 1. The predicted octanol–water partition coefficient (Wildman–Crippen LogP) is -0.201. The Balaban J connectivity index is 1.78. The number of hydrogen-bond donors (Lipinski definition) is 2. The number of aliphatic hydroxyl groups excluding tert-OH is 2. The van der Waals surface area contributed by atoms with E-state index in [1.54, 1.807) is 12.1 Å². The lowest BCUT2D eigenvalue weighted by atomic mass is 9.72. The third-order valence-corrected chi connectivity index (χ3v) is 4.90. The molecule has 8 heteroatoms. The van der Waals surface area contributed by atoms with E-state index in [0.717, 1.165) is 0 Å². The molecule has 0 bridgehead atoms. The number of ether oxygens (including phenoxy) is 5. The van der Waals surface area contributed by atoms with Gasteiger partial charge in [0.1, 0.15) is 12.2 Å². The third-order valence-electron chi connectivity index (χ3n) is 4.90. The standard InChI is InChI=1S/C16H18O8/c1-20-7-3-6(4-8-13(7)23-5-22-8)9-10(16(19)21-2)11(17)12(18)15-14(9)24-15/h3-4,9-12,14-15,17-18H,5H2,1-2H3/t9?,10-,11+,12+,14-,15+/m1/s1. The lowest BCUT2D eigenvalue weighted by molar-refractivity contribution is -0.156. The number of hydrogen-bond acceptors (Lipinski definition) is 8. The first-order valence-electron chi connectivity index (χ1n) is 7.63. The minimum atomic E-state index is -1.28. The highest BCUT2D eigenvalue weighted by molar-refractivity contribution is 5.75. The number of rotatable bonds is 3. The van der Waals surface area contributed by atoms with E-state index in [4.69, 9.17) is 23.7 Å². The fourth-order valence-electron chi connectivity index (χ4n) is 3.68. The van der Waals surface area contributed by atoms with Gasteiger partial charge in [0.05, 0.1) is 32.3 Å². The Kier molecular flexibility index (Phi) is 3.56. The number of fused-ring (bicyclic) bond motifs is 2. The fraction of sp³-hybridized carbons (Fsp3) is 0.562. The SMILES string of the molecule is COC(=O)[C@@H]1C(c2cc(OC)c3c(c2)OCO3)[C@H]2O[C@H]2[C@@H](O)[C@H]1O. The van der Waals surface area contributed by atoms with Crippen molar-refractivity contribution in [1.82, 2.24) is 0 Å². The summed E-state index contributed by atoms with van der Waals surface area (Å²) in [6.07, 6.45) is -3.27. The van der Waals surface area contributed by atoms with Crippen LogP contribution < -0.4 is 14.2 Å². The van der Waals surface area contributed by atoms with Gasteiger partial charge in [-0.25, -0.2) is 0 Å². The molecule has 2 fully saturated rings. The predicted molar refractivity (Wildman–Crippen MR) is 78.0 cm³/mol. The van der Waals surface area contributed by atoms with E-state index in [0.29, 0.717) is 22.8 Å². The van der Waals surface area contributed by atoms with Crippen molar-refractivity contribution in [2.24, 2.45) is 5.92 Å². The lowest BCUT2D eigenvalue weighted by Crippen LogP contribution is -2.50. The number of carbonyl (C=O) groups is 1. The second-order valence-corrected chi connectivity index (χ2v) is 6.08. The van der Waals surface area contributed by atoms with Crippen molar-refractivity contribution in [3.63, 3.8) is 0 Å². The van der Waals surface area contributed by atoms with Crippen LogP contribution in [0.15, 0.2) is 12.1 Å². The van der Waals surface area contributed by atoms with Gasteiger partial charge in [-0.2, -0.15) is 0 Å². The first-order chi connectivity index (χ1) is 11.6. The van der Waals surface area contributed by atoms with E-state index in [1.165, 1.54) is 14.2 Å². The molecule has 2 N–H and O–H groups in total. The van der Waals surface area contributed by atoms with E-state index in [-0.39, 0.29) is 12.9 Å². The van der Waals surface area contributed by atoms with E-state index >= 15 is 0 Å². The quantitative estimate of drug-likeness (QED) is 0.576. The highest BCUT2D eigenvalue weighted by atomic mass is 16.7. The molecule has 0 amide bonds. The van der Waals surface area contributed by atoms with Crippen molar-refractivity contribution >= 4 is 5.97 Å². The molecule has 1 aromatic rings. The van der Waals surface area contributed by atoms with Gasteiger partial charge in [-0.3, -0.25) is 4.79 Å². The Morgan fingerprint density at radius 3 is 2.67 bits per heavy atom. The topological polar surface area (TPSA) is 107 Å². The van der Waals surface area contributed by atoms with Gasteiger partial charge in [-0.15, -0.1) is 0 Å². The van der Waals surface area contributed by atoms with Crippen molar-refractivity contribution in [2.75, 3.05) is 21.0 Å². The van der Waals surface area contributed by atoms with Gasteiger partial charge >= 0.3 is 5.97 Å². The van der Waals surface area contributed by atoms with Crippen LogP contribution in [0.4, 0.5) is 0 Å². The van der Waals surface area contributed by atoms with Crippen LogP contribution in [0, 0.1) is 5.92 Å². The molecule has 6 atom stereocenters. The van der Waals surface area contributed by atoms with Crippen molar-refractivity contribution < 1.29 is 38.7 Å². The highest BCUT2D eigenvalue weighted by Gasteiger charge is 2.62. The molecular weight excluding hydrogens is 320 g/mol. The molecule has 1 aliphatic carbocycles. The molecular formula is C16H18O8. The van der Waals surface area contributed by atoms with E-state index in [1.807, 2.05) is 0 Å². The Morgan fingerprint density at radius 2 is 1.96 bits per heavy atom. The Bertz CT molecular complexity index is 674. The first-order valence-corrected chi connectivity index (χ1v) is 7.63. The Morgan fingerprint density at radius 1 is 1.17 bits per heavy atom. The zero-order chi connectivity index (χ0) is 17.0. The number of aliphatic hydroxyl groups is 2. The molecule has 130 valence electrons. The van der Waals surface area contributed by atoms with Crippen LogP contribution in [0.2, 0.25) is 0 Å². The average molecular weight is 338 g/mol. The zero-order valence-electron chi connectivity index (χ0n) is 13.2. The molecule has 1 unspecified atom stereocenters. The molecule has 2 aliphatic heterocycles. The smallest absolute Gasteiger partial charge is 0.312 e. The summed E-state index contributed by atoms with van der Waals surface area (Å²) in [7, 11) is 2.76. The number of carbonyl (C=O) groups excluding carboxylic acids is 1. The normalized spacial score (nSPS) is 36.0. The molecule has 24 heavy (non-hydrogen) atoms. The molecule has 1 aromatic carbocycles. The maximum Gasteiger partial charge on any atom is 0.312 e. The molecule has 0 radical (unpaired) electrons. The highest BCUT2D eigenvalue weighted by Crippen LogP contribution is 2.52. The minimum Gasteiger partial charge on any atom is -0.493 e. The molecule has 1 saturated carbocycles. The summed E-state index contributed by atoms with van der Waals surface area (Å²) in [4.78, 5) is 12.2. The van der Waals surface area contributed by atoms with Crippen molar-refractivity contribution in [1.29, 1.82) is 0 Å². The number of epoxide rings is 1. The van der Waals surface area contributed by atoms with Crippen LogP contribution in [0.1, 0.15) is 11.5 Å². The van der Waals surface area contributed by atoms with Crippen molar-refractivity contribution in [2.45, 2.75) is 30.3 Å². The summed E-state index contributed by atoms with van der Waals surface area (Å²) in [6.45, 7) is 0.0874. The maximum absolute atomic E-state index is 12.2. The number of methoxy groups -OCH3 is 2. The lowest BCUT2D eigenvalue weighted by Gasteiger charge is -2.34. The second kappa shape index (κ2) is 5.51. The van der Waals surface area contributed by atoms with Crippen molar-refractivity contribution in [3.8, 4) is 17.2 Å². The second-order valence-electron chi connectivity index (χ2n) is 6.08. The number of benzene rings is 1. The van der Waals surface area contributed by atoms with Gasteiger partial charge < -0.3 is 33.9 Å². The van der Waals surface area contributed by atoms with Gasteiger partial charge in [0.25, 0.3) is 0 Å². The summed E-state index contributed by atoms with van der Waals surface area (Å²) >= 11 is 0. The Hall–Kier alpha value is -2.03. The van der Waals surface area contributed by atoms with Gasteiger partial charge in [-0.05, 0) is 17.7 Å². The van der Waals surface area contributed by atoms with Gasteiger partial charge in [-0.1, -0.05) is 0 Å². The summed E-state index contributed by atoms with van der Waals surface area (Å²) in [5.41, 5.74) is 0.699. The largest absolute Gasteiger partial charge is 0.493 e. The summed E-state index contributed by atoms with van der Waals surface area (Å²) in [5, 5.41) is 20.4. The maximum atomic E-state index is 12.2. The third kappa shape index (κ3) is 2.14. The molecule has 0 spiro atoms. The molecule has 3 aliphatic rings. The van der Waals surface area contributed by atoms with Crippen LogP contribution in [0.5, 0.6) is 17.2 Å². The van der Waals surface area contributed by atoms with E-state index in [2.05, 4.69) is 0 Å². The monoisotopic (exact) mass is 338 g/mol. The molecule has 4 rings (SSSR count). The van der Waals surface area contributed by atoms with Crippen LogP contribution in [0.3, 0.4) is 0 Å². The van der Waals surface area contributed by atoms with Gasteiger partial charge in [0, 0.05) is 5.92 Å².